The molecule has 2 aromatic rings. The lowest BCUT2D eigenvalue weighted by Crippen LogP contribution is -2.10. The molecule has 0 fully saturated rings. The molecule has 0 saturated heterocycles. The number of nitrogen functional groups attached to an aromatic ring is 1. The first-order chi connectivity index (χ1) is 7.74. The molecule has 1 aliphatic carbocycles. The molecular weight excluding hydrogens is 220 g/mol. The van der Waals surface area contributed by atoms with E-state index in [1.165, 1.54) is 17.0 Å². The van der Waals surface area contributed by atoms with Gasteiger partial charge in [0.1, 0.15) is 0 Å². The molecule has 0 bridgehead atoms. The Morgan fingerprint density at radius 3 is 3.19 bits per heavy atom. The zero-order chi connectivity index (χ0) is 11.1. The summed E-state index contributed by atoms with van der Waals surface area (Å²) in [6.07, 6.45) is 5.39. The van der Waals surface area contributed by atoms with E-state index in [1.54, 1.807) is 11.3 Å². The molecule has 2 heterocycles. The van der Waals surface area contributed by atoms with Gasteiger partial charge in [-0.15, -0.1) is 11.3 Å². The van der Waals surface area contributed by atoms with Gasteiger partial charge in [-0.2, -0.15) is 5.10 Å². The number of thiazole rings is 1. The van der Waals surface area contributed by atoms with Crippen LogP contribution in [0.25, 0.3) is 0 Å². The molecule has 2 N–H and O–H groups in total. The van der Waals surface area contributed by atoms with Gasteiger partial charge in [0, 0.05) is 24.0 Å². The fourth-order valence-electron chi connectivity index (χ4n) is 2.34. The predicted octanol–water partition coefficient (Wildman–Crippen LogP) is 1.93. The Hall–Kier alpha value is -1.36. The Balaban J connectivity index is 2.04. The van der Waals surface area contributed by atoms with Crippen molar-refractivity contribution in [1.82, 2.24) is 14.8 Å². The van der Waals surface area contributed by atoms with Gasteiger partial charge in [-0.05, 0) is 25.3 Å². The van der Waals surface area contributed by atoms with E-state index in [0.717, 1.165) is 18.5 Å². The largest absolute Gasteiger partial charge is 0.375 e. The summed E-state index contributed by atoms with van der Waals surface area (Å²) >= 11 is 1.62. The zero-order valence-corrected chi connectivity index (χ0v) is 10.00. The van der Waals surface area contributed by atoms with E-state index < -0.39 is 0 Å². The van der Waals surface area contributed by atoms with Crippen molar-refractivity contribution in [3.63, 3.8) is 0 Å². The van der Waals surface area contributed by atoms with Gasteiger partial charge in [0.2, 0.25) is 0 Å². The van der Waals surface area contributed by atoms with Gasteiger partial charge >= 0.3 is 0 Å². The van der Waals surface area contributed by atoms with Gasteiger partial charge < -0.3 is 5.73 Å². The summed E-state index contributed by atoms with van der Waals surface area (Å²) in [6, 6.07) is 2.09. The highest BCUT2D eigenvalue weighted by molar-refractivity contribution is 7.15. The second kappa shape index (κ2) is 3.59. The minimum Gasteiger partial charge on any atom is -0.375 e. The minimum atomic E-state index is 0.403. The smallest absolute Gasteiger partial charge is 0.180 e. The number of fused-ring (bicyclic) bond motifs is 1. The average molecular weight is 234 g/mol. The van der Waals surface area contributed by atoms with Gasteiger partial charge in [-0.3, -0.25) is 4.68 Å². The Morgan fingerprint density at radius 2 is 2.44 bits per heavy atom. The lowest BCUT2D eigenvalue weighted by atomic mass is 9.89. The normalized spacial score (nSPS) is 19.7. The van der Waals surface area contributed by atoms with Crippen LogP contribution in [-0.4, -0.2) is 14.8 Å². The highest BCUT2D eigenvalue weighted by atomic mass is 32.1. The monoisotopic (exact) mass is 234 g/mol. The fourth-order valence-corrected chi connectivity index (χ4v) is 3.37. The summed E-state index contributed by atoms with van der Waals surface area (Å²) in [5, 5.41) is 5.19. The third-order valence-corrected chi connectivity index (χ3v) is 4.10. The van der Waals surface area contributed by atoms with Crippen LogP contribution in [-0.2, 0) is 13.5 Å². The second-order valence-corrected chi connectivity index (χ2v) is 5.28. The zero-order valence-electron chi connectivity index (χ0n) is 9.18. The number of anilines is 1. The maximum atomic E-state index is 5.79. The Kier molecular flexibility index (Phi) is 2.21. The molecule has 5 heteroatoms. The van der Waals surface area contributed by atoms with E-state index in [1.807, 2.05) is 17.9 Å². The molecular formula is C11H14N4S. The maximum absolute atomic E-state index is 5.79. The van der Waals surface area contributed by atoms with Crippen molar-refractivity contribution < 1.29 is 0 Å². The van der Waals surface area contributed by atoms with Crippen LogP contribution in [0, 0.1) is 0 Å². The Bertz CT molecular complexity index is 514. The molecule has 0 aliphatic heterocycles. The van der Waals surface area contributed by atoms with E-state index in [2.05, 4.69) is 16.1 Å². The highest BCUT2D eigenvalue weighted by Crippen LogP contribution is 2.39. The lowest BCUT2D eigenvalue weighted by Gasteiger charge is -2.19. The van der Waals surface area contributed by atoms with E-state index in [-0.39, 0.29) is 0 Å². The molecule has 0 spiro atoms. The third-order valence-electron chi connectivity index (χ3n) is 3.06. The van der Waals surface area contributed by atoms with Crippen molar-refractivity contribution in [3.8, 4) is 0 Å². The summed E-state index contributed by atoms with van der Waals surface area (Å²) in [7, 11) is 1.95. The van der Waals surface area contributed by atoms with Crippen molar-refractivity contribution in [3.05, 3.63) is 28.5 Å². The van der Waals surface area contributed by atoms with Crippen molar-refractivity contribution >= 4 is 16.5 Å². The molecule has 16 heavy (non-hydrogen) atoms. The summed E-state index contributed by atoms with van der Waals surface area (Å²) in [5.74, 6) is 0.403. The number of hydrogen-bond acceptors (Lipinski definition) is 4. The molecule has 84 valence electrons. The van der Waals surface area contributed by atoms with E-state index in [9.17, 15) is 0 Å². The van der Waals surface area contributed by atoms with E-state index >= 15 is 0 Å². The van der Waals surface area contributed by atoms with Crippen molar-refractivity contribution in [1.29, 1.82) is 0 Å². The molecule has 2 aromatic heterocycles. The average Bonchev–Trinajstić information content (AvgIpc) is 2.82. The molecule has 0 radical (unpaired) electrons. The predicted molar refractivity (Wildman–Crippen MR) is 64.5 cm³/mol. The first-order valence-electron chi connectivity index (χ1n) is 5.48. The number of aromatic nitrogens is 3. The number of aryl methyl sites for hydroxylation is 2. The highest BCUT2D eigenvalue weighted by Gasteiger charge is 2.26. The Labute approximate surface area is 98.1 Å². The van der Waals surface area contributed by atoms with Crippen LogP contribution in [0.3, 0.4) is 0 Å². The molecule has 4 nitrogen and oxygen atoms in total. The van der Waals surface area contributed by atoms with Crippen LogP contribution in [0.1, 0.15) is 35.0 Å². The molecule has 0 aromatic carbocycles. The van der Waals surface area contributed by atoms with Crippen LogP contribution in [0.2, 0.25) is 0 Å². The number of nitrogens with two attached hydrogens (primary N) is 1. The number of nitrogens with zero attached hydrogens (tertiary/aromatic N) is 3. The van der Waals surface area contributed by atoms with Crippen LogP contribution >= 0.6 is 11.3 Å². The second-order valence-electron chi connectivity index (χ2n) is 4.22. The minimum absolute atomic E-state index is 0.403. The van der Waals surface area contributed by atoms with E-state index in [0.29, 0.717) is 11.0 Å². The first-order valence-corrected chi connectivity index (χ1v) is 6.30. The Morgan fingerprint density at radius 1 is 1.56 bits per heavy atom. The van der Waals surface area contributed by atoms with Crippen LogP contribution in [0.15, 0.2) is 12.3 Å². The lowest BCUT2D eigenvalue weighted by molar-refractivity contribution is 0.595. The van der Waals surface area contributed by atoms with Crippen LogP contribution in [0.4, 0.5) is 5.13 Å². The summed E-state index contributed by atoms with van der Waals surface area (Å²) in [4.78, 5) is 5.72. The number of rotatable bonds is 1. The van der Waals surface area contributed by atoms with Gasteiger partial charge in [-0.1, -0.05) is 0 Å². The topological polar surface area (TPSA) is 56.7 Å². The van der Waals surface area contributed by atoms with Crippen molar-refractivity contribution in [2.24, 2.45) is 7.05 Å². The van der Waals surface area contributed by atoms with Crippen molar-refractivity contribution in [2.75, 3.05) is 5.73 Å². The standard InChI is InChI=1S/C11H14N4S/c1-15-6-5-8(14-15)7-3-2-4-9-10(7)16-11(12)13-9/h5-7H,2-4H2,1H3,(H2,12,13). The SMILES string of the molecule is Cn1ccc(C2CCCc3nc(N)sc32)n1. The molecule has 1 atom stereocenters. The third kappa shape index (κ3) is 1.51. The van der Waals surface area contributed by atoms with E-state index in [4.69, 9.17) is 5.73 Å². The van der Waals surface area contributed by atoms with Crippen LogP contribution in [0.5, 0.6) is 0 Å². The number of hydrogen-bond donors (Lipinski definition) is 1. The van der Waals surface area contributed by atoms with Crippen LogP contribution < -0.4 is 5.73 Å². The summed E-state index contributed by atoms with van der Waals surface area (Å²) in [6.45, 7) is 0. The molecule has 0 saturated carbocycles. The van der Waals surface area contributed by atoms with Gasteiger partial charge in [-0.25, -0.2) is 4.98 Å². The molecule has 0 amide bonds. The fraction of sp³-hybridized carbons (Fsp3) is 0.455. The van der Waals surface area contributed by atoms with Gasteiger partial charge in [0.25, 0.3) is 0 Å². The molecule has 1 unspecified atom stereocenters. The van der Waals surface area contributed by atoms with Gasteiger partial charge in [0.15, 0.2) is 5.13 Å². The molecule has 3 rings (SSSR count). The summed E-state index contributed by atoms with van der Waals surface area (Å²) in [5.41, 5.74) is 8.12. The maximum Gasteiger partial charge on any atom is 0.180 e. The first kappa shape index (κ1) is 9.84. The van der Waals surface area contributed by atoms with Crippen molar-refractivity contribution in [2.45, 2.75) is 25.2 Å². The quantitative estimate of drug-likeness (QED) is 0.820. The molecule has 1 aliphatic rings. The summed E-state index contributed by atoms with van der Waals surface area (Å²) < 4.78 is 1.86. The van der Waals surface area contributed by atoms with Gasteiger partial charge in [0.05, 0.1) is 11.4 Å².